The average Bonchev–Trinajstić information content (AvgIpc) is 3.47. The van der Waals surface area contributed by atoms with Crippen LogP contribution < -0.4 is 10.1 Å². The van der Waals surface area contributed by atoms with Crippen molar-refractivity contribution in [3.05, 3.63) is 52.6 Å². The van der Waals surface area contributed by atoms with E-state index in [1.165, 1.54) is 22.7 Å². The van der Waals surface area contributed by atoms with Gasteiger partial charge in [0.2, 0.25) is 5.91 Å². The fraction of sp³-hybridized carbons (Fsp3) is 0.273. The Kier molecular flexibility index (Phi) is 6.81. The number of ether oxygens (including phenoxy) is 2. The first-order valence-electron chi connectivity index (χ1n) is 10.1. The largest absolute Gasteiger partial charge is 0.494 e. The Morgan fingerprint density at radius 3 is 2.59 bits per heavy atom. The number of thiazole rings is 2. The second-order valence-corrected chi connectivity index (χ2v) is 8.51. The summed E-state index contributed by atoms with van der Waals surface area (Å²) in [6.45, 7) is 4.66. The minimum Gasteiger partial charge on any atom is -0.494 e. The van der Waals surface area contributed by atoms with Gasteiger partial charge in [0.15, 0.2) is 10.1 Å². The van der Waals surface area contributed by atoms with E-state index in [0.29, 0.717) is 24.0 Å². The van der Waals surface area contributed by atoms with E-state index in [0.717, 1.165) is 27.7 Å². The minimum absolute atomic E-state index is 0.0920. The predicted molar refractivity (Wildman–Crippen MR) is 124 cm³/mol. The molecule has 0 atom stereocenters. The third kappa shape index (κ3) is 5.14. The van der Waals surface area contributed by atoms with Crippen LogP contribution in [0.15, 0.2) is 41.2 Å². The first kappa shape index (κ1) is 22.0. The molecule has 1 aromatic carbocycles. The topological polar surface area (TPSA) is 94.8 Å². The van der Waals surface area contributed by atoms with Crippen molar-refractivity contribution in [2.45, 2.75) is 26.7 Å². The van der Waals surface area contributed by atoms with Crippen molar-refractivity contribution >= 4 is 44.6 Å². The van der Waals surface area contributed by atoms with Crippen molar-refractivity contribution < 1.29 is 19.1 Å². The van der Waals surface area contributed by atoms with E-state index in [1.807, 2.05) is 47.2 Å². The molecule has 0 spiro atoms. The van der Waals surface area contributed by atoms with Crippen LogP contribution >= 0.6 is 22.7 Å². The molecule has 32 heavy (non-hydrogen) atoms. The molecule has 0 aliphatic rings. The van der Waals surface area contributed by atoms with Crippen molar-refractivity contribution in [3.8, 4) is 17.0 Å². The highest BCUT2D eigenvalue weighted by Crippen LogP contribution is 2.26. The Balaban J connectivity index is 1.41. The van der Waals surface area contributed by atoms with Gasteiger partial charge in [-0.1, -0.05) is 0 Å². The lowest BCUT2D eigenvalue weighted by Crippen LogP contribution is -2.15. The molecule has 0 saturated heterocycles. The smallest absolute Gasteiger partial charge is 0.311 e. The summed E-state index contributed by atoms with van der Waals surface area (Å²) in [5.74, 6) is 0.306. The van der Waals surface area contributed by atoms with E-state index in [4.69, 9.17) is 9.47 Å². The first-order chi connectivity index (χ1) is 15.6. The van der Waals surface area contributed by atoms with Gasteiger partial charge in [0.1, 0.15) is 5.75 Å². The highest BCUT2D eigenvalue weighted by Gasteiger charge is 2.15. The molecule has 0 radical (unpaired) electrons. The number of nitrogens with one attached hydrogen (secondary N) is 1. The van der Waals surface area contributed by atoms with Crippen LogP contribution in [0.25, 0.3) is 16.2 Å². The number of nitrogens with zero attached hydrogens (tertiary/aromatic N) is 3. The molecule has 1 amide bonds. The first-order valence-corrected chi connectivity index (χ1v) is 11.9. The van der Waals surface area contributed by atoms with Gasteiger partial charge in [-0.05, 0) is 38.1 Å². The van der Waals surface area contributed by atoms with Crippen molar-refractivity contribution in [1.29, 1.82) is 0 Å². The van der Waals surface area contributed by atoms with Crippen LogP contribution in [0.5, 0.6) is 5.75 Å². The molecular weight excluding hydrogens is 448 g/mol. The summed E-state index contributed by atoms with van der Waals surface area (Å²) in [6, 6.07) is 7.79. The van der Waals surface area contributed by atoms with Crippen LogP contribution in [-0.2, 0) is 27.2 Å². The number of amides is 1. The van der Waals surface area contributed by atoms with Crippen LogP contribution in [0.4, 0.5) is 5.13 Å². The molecule has 166 valence electrons. The van der Waals surface area contributed by atoms with Crippen molar-refractivity contribution in [3.63, 3.8) is 0 Å². The zero-order chi connectivity index (χ0) is 22.5. The second-order valence-electron chi connectivity index (χ2n) is 6.81. The Labute approximate surface area is 192 Å². The summed E-state index contributed by atoms with van der Waals surface area (Å²) in [7, 11) is 0. The maximum Gasteiger partial charge on any atom is 0.311 e. The Morgan fingerprint density at radius 2 is 1.84 bits per heavy atom. The van der Waals surface area contributed by atoms with Gasteiger partial charge in [-0.25, -0.2) is 9.97 Å². The molecule has 1 N–H and O–H groups in total. The minimum atomic E-state index is -0.334. The van der Waals surface area contributed by atoms with Crippen molar-refractivity contribution in [1.82, 2.24) is 14.4 Å². The highest BCUT2D eigenvalue weighted by atomic mass is 32.1. The number of benzene rings is 1. The molecular formula is C22H22N4O4S2. The summed E-state index contributed by atoms with van der Waals surface area (Å²) in [4.78, 5) is 33.9. The molecule has 0 aliphatic carbocycles. The number of anilines is 1. The molecule has 10 heteroatoms. The molecule has 8 nitrogen and oxygen atoms in total. The van der Waals surface area contributed by atoms with E-state index >= 15 is 0 Å². The lowest BCUT2D eigenvalue weighted by atomic mass is 10.1. The number of rotatable bonds is 9. The zero-order valence-electron chi connectivity index (χ0n) is 17.7. The third-order valence-electron chi connectivity index (χ3n) is 4.52. The fourth-order valence-electron chi connectivity index (χ4n) is 3.12. The number of imidazole rings is 1. The summed E-state index contributed by atoms with van der Waals surface area (Å²) >= 11 is 2.77. The summed E-state index contributed by atoms with van der Waals surface area (Å²) in [5, 5.41) is 6.93. The van der Waals surface area contributed by atoms with E-state index in [2.05, 4.69) is 15.3 Å². The van der Waals surface area contributed by atoms with Crippen LogP contribution in [0.2, 0.25) is 0 Å². The summed E-state index contributed by atoms with van der Waals surface area (Å²) < 4.78 is 12.3. The lowest BCUT2D eigenvalue weighted by Gasteiger charge is -2.03. The normalized spacial score (nSPS) is 10.9. The lowest BCUT2D eigenvalue weighted by molar-refractivity contribution is -0.142. The van der Waals surface area contributed by atoms with Crippen LogP contribution in [0, 0.1) is 0 Å². The average molecular weight is 471 g/mol. The van der Waals surface area contributed by atoms with Crippen LogP contribution in [-0.4, -0.2) is 39.5 Å². The fourth-order valence-corrected chi connectivity index (χ4v) is 4.72. The molecule has 4 aromatic rings. The van der Waals surface area contributed by atoms with Crippen LogP contribution in [0.1, 0.15) is 25.2 Å². The van der Waals surface area contributed by atoms with Gasteiger partial charge >= 0.3 is 5.97 Å². The summed E-state index contributed by atoms with van der Waals surface area (Å²) in [6.07, 6.45) is 2.21. The number of fused-ring (bicyclic) bond motifs is 1. The number of esters is 1. The van der Waals surface area contributed by atoms with Gasteiger partial charge in [-0.3, -0.25) is 14.0 Å². The maximum absolute atomic E-state index is 12.6. The third-order valence-corrected chi connectivity index (χ3v) is 6.21. The molecule has 3 aromatic heterocycles. The van der Waals surface area contributed by atoms with E-state index in [-0.39, 0.29) is 24.7 Å². The summed E-state index contributed by atoms with van der Waals surface area (Å²) in [5.41, 5.74) is 3.24. The van der Waals surface area contributed by atoms with Gasteiger partial charge in [-0.2, -0.15) is 0 Å². The quantitative estimate of drug-likeness (QED) is 0.368. The van der Waals surface area contributed by atoms with Gasteiger partial charge in [0.25, 0.3) is 0 Å². The highest BCUT2D eigenvalue weighted by molar-refractivity contribution is 7.15. The standard InChI is InChI=1S/C22H22N4O4S2/c1-3-29-17-7-5-14(6-8-17)18-11-26-16(13-32-22(26)24-18)10-19(27)25-21-23-15(12-31-21)9-20(28)30-4-2/h5-8,11-13H,3-4,9-10H2,1-2H3,(H,23,25,27). The molecule has 0 saturated carbocycles. The van der Waals surface area contributed by atoms with E-state index in [9.17, 15) is 9.59 Å². The van der Waals surface area contributed by atoms with Gasteiger partial charge < -0.3 is 14.8 Å². The molecule has 0 fully saturated rings. The zero-order valence-corrected chi connectivity index (χ0v) is 19.3. The number of hydrogen-bond acceptors (Lipinski definition) is 8. The molecule has 0 unspecified atom stereocenters. The molecule has 0 aliphatic heterocycles. The van der Waals surface area contributed by atoms with E-state index < -0.39 is 0 Å². The number of carbonyl (C=O) groups excluding carboxylic acids is 2. The Bertz CT molecular complexity index is 1230. The maximum atomic E-state index is 12.6. The van der Waals surface area contributed by atoms with Crippen molar-refractivity contribution in [2.75, 3.05) is 18.5 Å². The van der Waals surface area contributed by atoms with Gasteiger partial charge in [-0.15, -0.1) is 22.7 Å². The van der Waals surface area contributed by atoms with Crippen LogP contribution in [0.3, 0.4) is 0 Å². The molecule has 4 rings (SSSR count). The predicted octanol–water partition coefficient (Wildman–Crippen LogP) is 4.20. The molecule has 3 heterocycles. The molecule has 0 bridgehead atoms. The SMILES string of the molecule is CCOC(=O)Cc1csc(NC(=O)Cc2csc3nc(-c4ccc(OCC)cc4)cn23)n1. The second kappa shape index (κ2) is 9.92. The van der Waals surface area contributed by atoms with Crippen molar-refractivity contribution in [2.24, 2.45) is 0 Å². The number of hydrogen-bond donors (Lipinski definition) is 1. The Hall–Kier alpha value is -3.24. The van der Waals surface area contributed by atoms with Gasteiger partial charge in [0, 0.05) is 28.2 Å². The Morgan fingerprint density at radius 1 is 1.03 bits per heavy atom. The van der Waals surface area contributed by atoms with Gasteiger partial charge in [0.05, 0.1) is 37.4 Å². The van der Waals surface area contributed by atoms with E-state index in [1.54, 1.807) is 12.3 Å². The number of carbonyl (C=O) groups is 2. The number of aromatic nitrogens is 3. The monoisotopic (exact) mass is 470 g/mol.